The van der Waals surface area contributed by atoms with Gasteiger partial charge in [0, 0.05) is 19.1 Å². The summed E-state index contributed by atoms with van der Waals surface area (Å²) in [5.41, 5.74) is 2.00. The van der Waals surface area contributed by atoms with Gasteiger partial charge in [-0.3, -0.25) is 4.90 Å². The van der Waals surface area contributed by atoms with E-state index in [0.29, 0.717) is 37.0 Å². The zero-order chi connectivity index (χ0) is 24.7. The van der Waals surface area contributed by atoms with E-state index in [1.54, 1.807) is 35.0 Å². The average Bonchev–Trinajstić information content (AvgIpc) is 3.10. The summed E-state index contributed by atoms with van der Waals surface area (Å²) in [6.07, 6.45) is 0.928. The molecule has 1 atom stereocenters. The van der Waals surface area contributed by atoms with Crippen molar-refractivity contribution >= 4 is 0 Å². The van der Waals surface area contributed by atoms with Crippen molar-refractivity contribution in [3.63, 3.8) is 0 Å². The molecule has 0 aliphatic carbocycles. The Morgan fingerprint density at radius 1 is 1.15 bits per heavy atom. The number of aliphatic hydroxyl groups excluding tert-OH is 1. The summed E-state index contributed by atoms with van der Waals surface area (Å²) in [6, 6.07) is 12.0. The van der Waals surface area contributed by atoms with E-state index in [9.17, 15) is 13.9 Å². The zero-order valence-electron chi connectivity index (χ0n) is 19.7. The van der Waals surface area contributed by atoms with E-state index in [2.05, 4.69) is 16.6 Å². The summed E-state index contributed by atoms with van der Waals surface area (Å²) < 4.78 is 40.9. The molecule has 3 rings (SSSR count). The van der Waals surface area contributed by atoms with E-state index >= 15 is 0 Å². The highest BCUT2D eigenvalue weighted by molar-refractivity contribution is 5.43. The summed E-state index contributed by atoms with van der Waals surface area (Å²) in [7, 11) is 0. The van der Waals surface area contributed by atoms with Crippen molar-refractivity contribution in [3.05, 3.63) is 84.1 Å². The Balaban J connectivity index is 1.97. The number of halogens is 2. The first-order valence-corrected chi connectivity index (χ1v) is 11.2. The van der Waals surface area contributed by atoms with Crippen molar-refractivity contribution in [3.8, 4) is 17.3 Å². The second-order valence-corrected chi connectivity index (χ2v) is 8.29. The molecule has 2 aromatic carbocycles. The van der Waals surface area contributed by atoms with Crippen LogP contribution in [0.1, 0.15) is 25.1 Å². The smallest absolute Gasteiger partial charge is 0.227 e. The van der Waals surface area contributed by atoms with Crippen LogP contribution in [0.2, 0.25) is 0 Å². The highest BCUT2D eigenvalue weighted by Gasteiger charge is 2.24. The van der Waals surface area contributed by atoms with Gasteiger partial charge in [0.25, 0.3) is 0 Å². The predicted molar refractivity (Wildman–Crippen MR) is 127 cm³/mol. The fourth-order valence-corrected chi connectivity index (χ4v) is 3.49. The van der Waals surface area contributed by atoms with Crippen LogP contribution < -0.4 is 4.74 Å². The Bertz CT molecular complexity index is 1080. The number of para-hydroxylation sites is 1. The fraction of sp³-hybridized carbons (Fsp3) is 0.346. The zero-order valence-corrected chi connectivity index (χ0v) is 19.7. The first kappa shape index (κ1) is 25.6. The van der Waals surface area contributed by atoms with E-state index in [4.69, 9.17) is 9.47 Å². The van der Waals surface area contributed by atoms with Gasteiger partial charge in [-0.1, -0.05) is 18.2 Å². The van der Waals surface area contributed by atoms with Crippen molar-refractivity contribution < 1.29 is 23.4 Å². The average molecular weight is 472 g/mol. The molecule has 0 amide bonds. The number of benzene rings is 2. The number of aromatic nitrogens is 2. The van der Waals surface area contributed by atoms with Crippen LogP contribution in [0.5, 0.6) is 11.6 Å². The normalized spacial score (nSPS) is 12.4. The predicted octanol–water partition coefficient (Wildman–Crippen LogP) is 5.03. The van der Waals surface area contributed by atoms with Gasteiger partial charge in [0.2, 0.25) is 5.88 Å². The Kier molecular flexibility index (Phi) is 8.92. The maximum absolute atomic E-state index is 14.4. The molecule has 34 heavy (non-hydrogen) atoms. The minimum Gasteiger partial charge on any atom is -0.435 e. The topological polar surface area (TPSA) is 59.8 Å². The fourth-order valence-electron chi connectivity index (χ4n) is 3.49. The first-order valence-electron chi connectivity index (χ1n) is 11.2. The maximum Gasteiger partial charge on any atom is 0.227 e. The molecule has 0 saturated carbocycles. The number of rotatable bonds is 12. The van der Waals surface area contributed by atoms with Crippen LogP contribution in [-0.4, -0.2) is 51.7 Å². The third-order valence-electron chi connectivity index (χ3n) is 5.33. The van der Waals surface area contributed by atoms with Gasteiger partial charge in [0.05, 0.1) is 36.3 Å². The molecule has 0 unspecified atom stereocenters. The maximum atomic E-state index is 14.4. The lowest BCUT2D eigenvalue weighted by Gasteiger charge is -2.29. The van der Waals surface area contributed by atoms with Crippen LogP contribution >= 0.6 is 0 Å². The van der Waals surface area contributed by atoms with Crippen molar-refractivity contribution in [1.82, 2.24) is 14.7 Å². The lowest BCUT2D eigenvalue weighted by atomic mass is 10.2. The molecule has 1 N–H and O–H groups in total. The summed E-state index contributed by atoms with van der Waals surface area (Å²) in [6.45, 7) is 10.8. The Hall–Kier alpha value is -3.07. The SMILES string of the molecule is C=CCOC[C@@H](O)CN(Cc1c(C)nn(-c2ccc(F)cc2)c1Oc1ccccc1F)C(C)C. The van der Waals surface area contributed by atoms with E-state index in [0.717, 1.165) is 5.56 Å². The van der Waals surface area contributed by atoms with Gasteiger partial charge in [0.15, 0.2) is 11.6 Å². The highest BCUT2D eigenvalue weighted by atomic mass is 19.1. The quantitative estimate of drug-likeness (QED) is 0.297. The Morgan fingerprint density at radius 3 is 2.50 bits per heavy atom. The van der Waals surface area contributed by atoms with Crippen molar-refractivity contribution in [2.24, 2.45) is 0 Å². The van der Waals surface area contributed by atoms with Gasteiger partial charge < -0.3 is 14.6 Å². The number of aliphatic hydroxyl groups is 1. The van der Waals surface area contributed by atoms with E-state index in [-0.39, 0.29) is 24.2 Å². The molecule has 0 bridgehead atoms. The lowest BCUT2D eigenvalue weighted by molar-refractivity contribution is 0.0176. The first-order chi connectivity index (χ1) is 16.3. The molecule has 6 nitrogen and oxygen atoms in total. The molecule has 182 valence electrons. The molecule has 8 heteroatoms. The molecule has 0 aliphatic rings. The number of nitrogens with zero attached hydrogens (tertiary/aromatic N) is 3. The second-order valence-electron chi connectivity index (χ2n) is 8.29. The van der Waals surface area contributed by atoms with E-state index in [1.165, 1.54) is 24.3 Å². The molecule has 0 aliphatic heterocycles. The standard InChI is InChI=1S/C26H31F2N3O3/c1-5-14-33-17-22(32)15-30(18(2)3)16-23-19(4)29-31(21-12-10-20(27)11-13-21)26(23)34-25-9-7-6-8-24(25)28/h5-13,18,22,32H,1,14-17H2,2-4H3/t22-/m0/s1. The minimum absolute atomic E-state index is 0.0565. The van der Waals surface area contributed by atoms with Crippen molar-refractivity contribution in [1.29, 1.82) is 0 Å². The highest BCUT2D eigenvalue weighted by Crippen LogP contribution is 2.33. The molecule has 1 aromatic heterocycles. The monoisotopic (exact) mass is 471 g/mol. The molecular weight excluding hydrogens is 440 g/mol. The van der Waals surface area contributed by atoms with Crippen LogP contribution in [-0.2, 0) is 11.3 Å². The molecule has 0 spiro atoms. The molecule has 0 saturated heterocycles. The summed E-state index contributed by atoms with van der Waals surface area (Å²) in [5.74, 6) is -0.491. The third kappa shape index (κ3) is 6.50. The van der Waals surface area contributed by atoms with Gasteiger partial charge in [0.1, 0.15) is 5.82 Å². The van der Waals surface area contributed by atoms with Crippen LogP contribution in [0.15, 0.2) is 61.2 Å². The van der Waals surface area contributed by atoms with Gasteiger partial charge >= 0.3 is 0 Å². The molecular formula is C26H31F2N3O3. The van der Waals surface area contributed by atoms with E-state index < -0.39 is 11.9 Å². The number of aryl methyl sites for hydroxylation is 1. The van der Waals surface area contributed by atoms with Crippen LogP contribution in [0.25, 0.3) is 5.69 Å². The Morgan fingerprint density at radius 2 is 1.85 bits per heavy atom. The summed E-state index contributed by atoms with van der Waals surface area (Å²) >= 11 is 0. The lowest BCUT2D eigenvalue weighted by Crippen LogP contribution is -2.39. The molecule has 1 heterocycles. The third-order valence-corrected chi connectivity index (χ3v) is 5.33. The Labute approximate surface area is 199 Å². The van der Waals surface area contributed by atoms with E-state index in [1.807, 2.05) is 20.8 Å². The second kappa shape index (κ2) is 11.9. The van der Waals surface area contributed by atoms with Crippen LogP contribution in [0.4, 0.5) is 8.78 Å². The minimum atomic E-state index is -0.703. The number of hydrogen-bond acceptors (Lipinski definition) is 5. The molecule has 3 aromatic rings. The van der Waals surface area contributed by atoms with Crippen LogP contribution in [0.3, 0.4) is 0 Å². The molecule has 0 fully saturated rings. The largest absolute Gasteiger partial charge is 0.435 e. The summed E-state index contributed by atoms with van der Waals surface area (Å²) in [5, 5.41) is 15.1. The summed E-state index contributed by atoms with van der Waals surface area (Å²) in [4.78, 5) is 2.06. The van der Waals surface area contributed by atoms with Crippen molar-refractivity contribution in [2.75, 3.05) is 19.8 Å². The molecule has 0 radical (unpaired) electrons. The number of hydrogen-bond donors (Lipinski definition) is 1. The number of ether oxygens (including phenoxy) is 2. The van der Waals surface area contributed by atoms with Gasteiger partial charge in [-0.25, -0.2) is 13.5 Å². The van der Waals surface area contributed by atoms with Crippen molar-refractivity contribution in [2.45, 2.75) is 39.5 Å². The van der Waals surface area contributed by atoms with Gasteiger partial charge in [-0.05, 0) is 57.2 Å². The van der Waals surface area contributed by atoms with Gasteiger partial charge in [-0.15, -0.1) is 6.58 Å². The van der Waals surface area contributed by atoms with Gasteiger partial charge in [-0.2, -0.15) is 5.10 Å². The van der Waals surface area contributed by atoms with Crippen LogP contribution in [0, 0.1) is 18.6 Å².